The fraction of sp³-hybridized carbons (Fsp3) is 0.107. The van der Waals surface area contributed by atoms with E-state index in [-0.39, 0.29) is 9.99 Å². The molecule has 2 N–H and O–H groups in total. The first-order valence-corrected chi connectivity index (χ1v) is 14.0. The normalized spacial score (nSPS) is 11.4. The van der Waals surface area contributed by atoms with Gasteiger partial charge >= 0.3 is 0 Å². The number of ketones is 1. The minimum atomic E-state index is -3.96. The van der Waals surface area contributed by atoms with Gasteiger partial charge in [0.2, 0.25) is 5.78 Å². The summed E-state index contributed by atoms with van der Waals surface area (Å²) in [5.41, 5.74) is 3.35. The number of allylic oxidation sites excluding steroid dienone is 1. The zero-order chi connectivity index (χ0) is 27.1. The minimum Gasteiger partial charge on any atom is -0.343 e. The van der Waals surface area contributed by atoms with Crippen LogP contribution in [-0.2, 0) is 21.4 Å². The summed E-state index contributed by atoms with van der Waals surface area (Å²) < 4.78 is 28.1. The van der Waals surface area contributed by atoms with Crippen LogP contribution in [0.1, 0.15) is 37.5 Å². The van der Waals surface area contributed by atoms with Crippen LogP contribution in [0, 0.1) is 6.92 Å². The van der Waals surface area contributed by atoms with Gasteiger partial charge in [0.25, 0.3) is 21.8 Å². The van der Waals surface area contributed by atoms with Crippen molar-refractivity contribution in [1.82, 2.24) is 14.6 Å². The molecule has 0 aliphatic heterocycles. The zero-order valence-corrected chi connectivity index (χ0v) is 22.1. The number of hydrogen-bond acceptors (Lipinski definition) is 6. The van der Waals surface area contributed by atoms with Crippen molar-refractivity contribution in [1.29, 1.82) is 0 Å². The molecular weight excluding hydrogens is 522 g/mol. The number of hydrogen-bond donors (Lipinski definition) is 2. The average molecular weight is 548 g/mol. The number of nitrogens with one attached hydrogen (secondary N) is 2. The molecule has 38 heavy (non-hydrogen) atoms. The quantitative estimate of drug-likeness (QED) is 0.291. The van der Waals surface area contributed by atoms with Gasteiger partial charge in [-0.2, -0.15) is 0 Å². The van der Waals surface area contributed by atoms with Gasteiger partial charge in [-0.15, -0.1) is 11.3 Å². The number of carbonyl (C=O) groups is 3. The van der Waals surface area contributed by atoms with Crippen molar-refractivity contribution in [3.8, 4) is 0 Å². The van der Waals surface area contributed by atoms with E-state index < -0.39 is 28.4 Å². The number of sulfonamides is 1. The van der Waals surface area contributed by atoms with E-state index in [4.69, 9.17) is 0 Å². The zero-order valence-electron chi connectivity index (χ0n) is 20.5. The number of aromatic nitrogens is 1. The van der Waals surface area contributed by atoms with Crippen LogP contribution in [0.5, 0.6) is 0 Å². The predicted octanol–water partition coefficient (Wildman–Crippen LogP) is 4.04. The summed E-state index contributed by atoms with van der Waals surface area (Å²) in [5.74, 6) is -1.42. The summed E-state index contributed by atoms with van der Waals surface area (Å²) in [4.78, 5) is 37.5. The van der Waals surface area contributed by atoms with E-state index in [1.807, 2.05) is 71.0 Å². The fourth-order valence-electron chi connectivity index (χ4n) is 3.63. The molecule has 4 rings (SSSR count). The highest BCUT2D eigenvalue weighted by atomic mass is 32.2. The van der Waals surface area contributed by atoms with E-state index in [1.165, 1.54) is 6.07 Å². The number of amides is 2. The highest BCUT2D eigenvalue weighted by Gasteiger charge is 2.19. The first-order valence-electron chi connectivity index (χ1n) is 11.6. The van der Waals surface area contributed by atoms with E-state index >= 15 is 0 Å². The number of nitrogens with zero attached hydrogens (tertiary/aromatic N) is 1. The lowest BCUT2D eigenvalue weighted by molar-refractivity contribution is -0.118. The SMILES string of the molecule is Cc1ccc(C(=O)c2cccn2C/C=C/c2cccc(C(=O)NCC(=O)NS(=O)(=O)c3cccs3)c2)cc1. The maximum Gasteiger partial charge on any atom is 0.273 e. The molecule has 2 aromatic heterocycles. The Morgan fingerprint density at radius 2 is 1.74 bits per heavy atom. The third kappa shape index (κ3) is 6.72. The maximum absolute atomic E-state index is 12.9. The van der Waals surface area contributed by atoms with Crippen LogP contribution in [0.3, 0.4) is 0 Å². The van der Waals surface area contributed by atoms with Crippen molar-refractivity contribution in [2.24, 2.45) is 0 Å². The first kappa shape index (κ1) is 26.8. The molecule has 194 valence electrons. The molecule has 4 aromatic rings. The van der Waals surface area contributed by atoms with Gasteiger partial charge < -0.3 is 9.88 Å². The molecule has 8 nitrogen and oxygen atoms in total. The Balaban J connectivity index is 1.34. The Hall–Kier alpha value is -4.28. The first-order chi connectivity index (χ1) is 18.2. The molecule has 0 spiro atoms. The molecule has 2 aromatic carbocycles. The van der Waals surface area contributed by atoms with E-state index in [0.29, 0.717) is 23.4 Å². The summed E-state index contributed by atoms with van der Waals surface area (Å²) >= 11 is 0.987. The molecule has 0 unspecified atom stereocenters. The van der Waals surface area contributed by atoms with Crippen molar-refractivity contribution < 1.29 is 22.8 Å². The van der Waals surface area contributed by atoms with Gasteiger partial charge in [0.1, 0.15) is 4.21 Å². The second-order valence-corrected chi connectivity index (χ2v) is 11.3. The van der Waals surface area contributed by atoms with Gasteiger partial charge in [0, 0.05) is 23.9 Å². The summed E-state index contributed by atoms with van der Waals surface area (Å²) in [7, 11) is -3.96. The summed E-state index contributed by atoms with van der Waals surface area (Å²) in [6.07, 6.45) is 5.54. The van der Waals surface area contributed by atoms with Crippen LogP contribution in [0.2, 0.25) is 0 Å². The monoisotopic (exact) mass is 547 g/mol. The van der Waals surface area contributed by atoms with Gasteiger partial charge in [-0.1, -0.05) is 60.2 Å². The van der Waals surface area contributed by atoms with E-state index in [2.05, 4.69) is 5.32 Å². The lowest BCUT2D eigenvalue weighted by atomic mass is 10.1. The lowest BCUT2D eigenvalue weighted by Crippen LogP contribution is -2.39. The number of benzene rings is 2. The molecule has 0 aliphatic carbocycles. The topological polar surface area (TPSA) is 114 Å². The minimum absolute atomic E-state index is 0.0169. The van der Waals surface area contributed by atoms with Crippen LogP contribution in [-0.4, -0.2) is 37.1 Å². The van der Waals surface area contributed by atoms with Gasteiger partial charge in [0.15, 0.2) is 0 Å². The molecule has 0 radical (unpaired) electrons. The van der Waals surface area contributed by atoms with Crippen LogP contribution in [0.25, 0.3) is 6.08 Å². The summed E-state index contributed by atoms with van der Waals surface area (Å²) in [6, 6.07) is 20.8. The van der Waals surface area contributed by atoms with Gasteiger partial charge in [-0.05, 0) is 48.2 Å². The number of carbonyl (C=O) groups excluding carboxylic acids is 3. The summed E-state index contributed by atoms with van der Waals surface area (Å²) in [6.45, 7) is 1.93. The van der Waals surface area contributed by atoms with Crippen LogP contribution < -0.4 is 10.0 Å². The molecular formula is C28H25N3O5S2. The molecule has 0 aliphatic rings. The van der Waals surface area contributed by atoms with Crippen molar-refractivity contribution in [3.63, 3.8) is 0 Å². The molecule has 2 amide bonds. The molecule has 0 saturated heterocycles. The maximum atomic E-state index is 12.9. The molecule has 10 heteroatoms. The predicted molar refractivity (Wildman–Crippen MR) is 147 cm³/mol. The molecule has 0 fully saturated rings. The Morgan fingerprint density at radius 1 is 0.947 bits per heavy atom. The van der Waals surface area contributed by atoms with Gasteiger partial charge in [-0.25, -0.2) is 13.1 Å². The Labute approximate surface area is 224 Å². The number of rotatable bonds is 10. The Kier molecular flexibility index (Phi) is 8.35. The van der Waals surface area contributed by atoms with Gasteiger partial charge in [0.05, 0.1) is 12.2 Å². The largest absolute Gasteiger partial charge is 0.343 e. The second-order valence-electron chi connectivity index (χ2n) is 8.41. The van der Waals surface area contributed by atoms with Gasteiger partial charge in [-0.3, -0.25) is 14.4 Å². The van der Waals surface area contributed by atoms with Crippen LogP contribution >= 0.6 is 11.3 Å². The fourth-order valence-corrected chi connectivity index (χ4v) is 5.61. The third-order valence-corrected chi connectivity index (χ3v) is 8.33. The van der Waals surface area contributed by atoms with Crippen LogP contribution in [0.4, 0.5) is 0 Å². The molecule has 0 atom stereocenters. The highest BCUT2D eigenvalue weighted by Crippen LogP contribution is 2.15. The Morgan fingerprint density at radius 3 is 2.47 bits per heavy atom. The van der Waals surface area contributed by atoms with Crippen molar-refractivity contribution >= 4 is 45.0 Å². The van der Waals surface area contributed by atoms with E-state index in [9.17, 15) is 22.8 Å². The molecule has 2 heterocycles. The lowest BCUT2D eigenvalue weighted by Gasteiger charge is -2.08. The van der Waals surface area contributed by atoms with E-state index in [0.717, 1.165) is 22.5 Å². The molecule has 0 bridgehead atoms. The standard InChI is InChI=1S/C28H25N3O5S2/c1-20-11-13-22(14-12-20)27(33)24-9-4-16-31(24)15-3-7-21-6-2-8-23(18-21)28(34)29-19-25(32)30-38(35,36)26-10-5-17-37-26/h2-14,16-18H,15,19H2,1H3,(H,29,34)(H,30,32)/b7-3+. The Bertz CT molecular complexity index is 1590. The second kappa shape index (κ2) is 11.8. The average Bonchev–Trinajstić information content (AvgIpc) is 3.61. The van der Waals surface area contributed by atoms with Crippen molar-refractivity contribution in [3.05, 3.63) is 118 Å². The molecule has 0 saturated carbocycles. The van der Waals surface area contributed by atoms with Crippen molar-refractivity contribution in [2.75, 3.05) is 6.54 Å². The smallest absolute Gasteiger partial charge is 0.273 e. The number of aryl methyl sites for hydroxylation is 1. The summed E-state index contributed by atoms with van der Waals surface area (Å²) in [5, 5.41) is 4.02. The number of thiophene rings is 1. The third-order valence-electron chi connectivity index (χ3n) is 5.55. The van der Waals surface area contributed by atoms with Crippen molar-refractivity contribution in [2.45, 2.75) is 17.7 Å². The van der Waals surface area contributed by atoms with Crippen LogP contribution in [0.15, 0.2) is 94.7 Å². The van der Waals surface area contributed by atoms with E-state index in [1.54, 1.807) is 35.7 Å². The highest BCUT2D eigenvalue weighted by molar-refractivity contribution is 7.92.